The summed E-state index contributed by atoms with van der Waals surface area (Å²) < 4.78 is 0. The van der Waals surface area contributed by atoms with Crippen molar-refractivity contribution in [1.82, 2.24) is 4.98 Å². The Morgan fingerprint density at radius 2 is 2.83 bits per heavy atom. The highest BCUT2D eigenvalue weighted by Gasteiger charge is 1.77. The van der Waals surface area contributed by atoms with Crippen LogP contribution in [0.5, 0.6) is 0 Å². The van der Waals surface area contributed by atoms with Crippen molar-refractivity contribution in [3.63, 3.8) is 0 Å². The van der Waals surface area contributed by atoms with E-state index in [1.54, 1.807) is 5.38 Å². The Bertz CT molecular complexity index is 112. The molecule has 31 valence electrons. The van der Waals surface area contributed by atoms with Crippen LogP contribution in [0, 0.1) is 6.20 Å². The molecule has 1 rings (SSSR count). The number of nitrogen functional groups attached to an aromatic ring is 1. The van der Waals surface area contributed by atoms with E-state index in [4.69, 9.17) is 5.73 Å². The number of anilines is 1. The van der Waals surface area contributed by atoms with Gasteiger partial charge in [-0.2, -0.15) is 0 Å². The molecule has 6 heavy (non-hydrogen) atoms. The molecule has 0 bridgehead atoms. The Morgan fingerprint density at radius 3 is 3.00 bits per heavy atom. The zero-order valence-corrected chi connectivity index (χ0v) is 3.83. The Kier molecular flexibility index (Phi) is 0.759. The molecule has 1 radical (unpaired) electrons. The van der Waals surface area contributed by atoms with Gasteiger partial charge in [-0.1, -0.05) is 0 Å². The van der Waals surface area contributed by atoms with Crippen LogP contribution in [0.2, 0.25) is 0 Å². The summed E-state index contributed by atoms with van der Waals surface area (Å²) in [6.07, 6.45) is 2.57. The van der Waals surface area contributed by atoms with Gasteiger partial charge in [-0.25, -0.2) is 4.98 Å². The lowest BCUT2D eigenvalue weighted by Gasteiger charge is -1.67. The molecule has 1 aromatic heterocycles. The van der Waals surface area contributed by atoms with Gasteiger partial charge in [-0.05, 0) is 0 Å². The summed E-state index contributed by atoms with van der Waals surface area (Å²) in [6, 6.07) is 0. The largest absolute Gasteiger partial charge is 0.375 e. The fourth-order valence-electron chi connectivity index (χ4n) is 0.203. The van der Waals surface area contributed by atoms with Gasteiger partial charge >= 0.3 is 0 Å². The second kappa shape index (κ2) is 1.26. The molecule has 0 saturated heterocycles. The summed E-state index contributed by atoms with van der Waals surface area (Å²) in [4.78, 5) is 3.59. The van der Waals surface area contributed by atoms with E-state index in [2.05, 4.69) is 11.2 Å². The Balaban J connectivity index is 3.05. The van der Waals surface area contributed by atoms with Crippen molar-refractivity contribution in [1.29, 1.82) is 0 Å². The standard InChI is InChI=1S/C3H3N2S/c4-3-5-1-2-6-3/h2H,(H2,4,5). The van der Waals surface area contributed by atoms with E-state index in [1.165, 1.54) is 11.3 Å². The van der Waals surface area contributed by atoms with E-state index in [1.807, 2.05) is 0 Å². The van der Waals surface area contributed by atoms with Crippen molar-refractivity contribution in [3.8, 4) is 0 Å². The van der Waals surface area contributed by atoms with Crippen molar-refractivity contribution in [2.45, 2.75) is 0 Å². The number of aromatic nitrogens is 1. The van der Waals surface area contributed by atoms with Gasteiger partial charge in [-0.15, -0.1) is 11.3 Å². The third-order valence-corrected chi connectivity index (χ3v) is 0.963. The lowest BCUT2D eigenvalue weighted by Crippen LogP contribution is -1.77. The SMILES string of the molecule is Nc1n[c]cs1. The highest BCUT2D eigenvalue weighted by atomic mass is 32.1. The Morgan fingerprint density at radius 1 is 2.00 bits per heavy atom. The van der Waals surface area contributed by atoms with Crippen LogP contribution in [0.1, 0.15) is 0 Å². The lowest BCUT2D eigenvalue weighted by atomic mass is 11.0. The van der Waals surface area contributed by atoms with Gasteiger partial charge in [-0.3, -0.25) is 0 Å². The number of nitrogens with two attached hydrogens (primary N) is 1. The van der Waals surface area contributed by atoms with Crippen LogP contribution >= 0.6 is 11.3 Å². The highest BCUT2D eigenvalue weighted by Crippen LogP contribution is 2.01. The van der Waals surface area contributed by atoms with Crippen LogP contribution < -0.4 is 5.73 Å². The zero-order valence-electron chi connectivity index (χ0n) is 3.01. The van der Waals surface area contributed by atoms with Crippen LogP contribution in [-0.4, -0.2) is 4.98 Å². The highest BCUT2D eigenvalue weighted by molar-refractivity contribution is 7.13. The average molecular weight is 99.1 g/mol. The van der Waals surface area contributed by atoms with Crippen LogP contribution in [0.15, 0.2) is 5.38 Å². The molecule has 0 amide bonds. The predicted octanol–water partition coefficient (Wildman–Crippen LogP) is 0.525. The smallest absolute Gasteiger partial charge is 0.180 e. The number of hydrogen-bond donors (Lipinski definition) is 1. The Hall–Kier alpha value is -0.570. The van der Waals surface area contributed by atoms with Crippen molar-refractivity contribution in [3.05, 3.63) is 11.6 Å². The summed E-state index contributed by atoms with van der Waals surface area (Å²) in [5, 5.41) is 2.30. The van der Waals surface area contributed by atoms with Crippen LogP contribution in [-0.2, 0) is 0 Å². The molecular formula is C3H3N2S. The first-order valence-electron chi connectivity index (χ1n) is 1.46. The van der Waals surface area contributed by atoms with Gasteiger partial charge in [0.05, 0.1) is 0 Å². The number of nitrogens with zero attached hydrogens (tertiary/aromatic N) is 1. The van der Waals surface area contributed by atoms with Crippen LogP contribution in [0.3, 0.4) is 0 Å². The van der Waals surface area contributed by atoms with Crippen molar-refractivity contribution in [2.75, 3.05) is 5.73 Å². The van der Waals surface area contributed by atoms with E-state index in [0.717, 1.165) is 0 Å². The molecular weight excluding hydrogens is 96.1 g/mol. The van der Waals surface area contributed by atoms with Crippen molar-refractivity contribution < 1.29 is 0 Å². The van der Waals surface area contributed by atoms with E-state index in [0.29, 0.717) is 5.13 Å². The molecule has 0 aliphatic carbocycles. The third-order valence-electron chi connectivity index (χ3n) is 0.407. The summed E-state index contributed by atoms with van der Waals surface area (Å²) in [5.41, 5.74) is 5.15. The summed E-state index contributed by atoms with van der Waals surface area (Å²) in [5.74, 6) is 0. The van der Waals surface area contributed by atoms with Gasteiger partial charge in [0, 0.05) is 5.38 Å². The second-order valence-electron chi connectivity index (χ2n) is 0.815. The maximum atomic E-state index is 5.15. The van der Waals surface area contributed by atoms with E-state index in [-0.39, 0.29) is 0 Å². The fraction of sp³-hybridized carbons (Fsp3) is 0. The predicted molar refractivity (Wildman–Crippen MR) is 25.4 cm³/mol. The molecule has 2 N–H and O–H groups in total. The molecule has 1 aromatic rings. The van der Waals surface area contributed by atoms with Crippen LogP contribution in [0.4, 0.5) is 5.13 Å². The molecule has 0 saturated carbocycles. The fourth-order valence-corrected chi connectivity index (χ4v) is 0.535. The average Bonchev–Trinajstić information content (AvgIpc) is 1.86. The normalized spacial score (nSPS) is 8.67. The molecule has 0 atom stereocenters. The van der Waals surface area contributed by atoms with Gasteiger partial charge in [0.25, 0.3) is 0 Å². The Labute approximate surface area is 39.6 Å². The zero-order chi connectivity index (χ0) is 4.41. The van der Waals surface area contributed by atoms with Crippen LogP contribution in [0.25, 0.3) is 0 Å². The van der Waals surface area contributed by atoms with E-state index in [9.17, 15) is 0 Å². The molecule has 2 nitrogen and oxygen atoms in total. The number of rotatable bonds is 0. The van der Waals surface area contributed by atoms with Gasteiger partial charge in [0.1, 0.15) is 6.20 Å². The second-order valence-corrected chi connectivity index (χ2v) is 1.70. The monoisotopic (exact) mass is 99.0 g/mol. The number of thiazole rings is 1. The first kappa shape index (κ1) is 3.61. The summed E-state index contributed by atoms with van der Waals surface area (Å²) in [7, 11) is 0. The first-order valence-corrected chi connectivity index (χ1v) is 2.34. The van der Waals surface area contributed by atoms with Gasteiger partial charge in [0.15, 0.2) is 5.13 Å². The molecule has 0 fully saturated rings. The molecule has 0 aromatic carbocycles. The quantitative estimate of drug-likeness (QED) is 0.515. The molecule has 3 heteroatoms. The topological polar surface area (TPSA) is 38.9 Å². The molecule has 1 heterocycles. The number of hydrogen-bond acceptors (Lipinski definition) is 3. The maximum Gasteiger partial charge on any atom is 0.180 e. The molecule has 0 unspecified atom stereocenters. The molecule has 0 aliphatic rings. The molecule has 0 spiro atoms. The summed E-state index contributed by atoms with van der Waals surface area (Å²) >= 11 is 1.39. The van der Waals surface area contributed by atoms with Crippen molar-refractivity contribution in [2.24, 2.45) is 0 Å². The van der Waals surface area contributed by atoms with E-state index < -0.39 is 0 Å². The third kappa shape index (κ3) is 0.490. The lowest BCUT2D eigenvalue weighted by molar-refractivity contribution is 1.41. The van der Waals surface area contributed by atoms with Gasteiger partial charge < -0.3 is 5.73 Å². The van der Waals surface area contributed by atoms with E-state index >= 15 is 0 Å². The maximum absolute atomic E-state index is 5.15. The van der Waals surface area contributed by atoms with Crippen molar-refractivity contribution >= 4 is 16.5 Å². The van der Waals surface area contributed by atoms with Gasteiger partial charge in [0.2, 0.25) is 0 Å². The minimum Gasteiger partial charge on any atom is -0.375 e. The molecule has 0 aliphatic heterocycles. The minimum absolute atomic E-state index is 0.579. The minimum atomic E-state index is 0.579. The first-order chi connectivity index (χ1) is 2.89. The summed E-state index contributed by atoms with van der Waals surface area (Å²) in [6.45, 7) is 0.